The minimum atomic E-state index is -0.559. The van der Waals surface area contributed by atoms with Gasteiger partial charge in [0.05, 0.1) is 11.1 Å². The standard InChI is InChI=1S/C12H12Cl2O3/c1-7(2)17-12(16)6-11(15)9-4-3-8(13)5-10(9)14/h3-5,7H,6H2,1-2H3. The highest BCUT2D eigenvalue weighted by Crippen LogP contribution is 2.22. The molecule has 0 aliphatic carbocycles. The molecule has 0 heterocycles. The van der Waals surface area contributed by atoms with Crippen molar-refractivity contribution in [1.29, 1.82) is 0 Å². The molecule has 0 aliphatic heterocycles. The summed E-state index contributed by atoms with van der Waals surface area (Å²) in [5, 5.41) is 0.677. The van der Waals surface area contributed by atoms with Gasteiger partial charge >= 0.3 is 5.97 Å². The lowest BCUT2D eigenvalue weighted by molar-refractivity contribution is -0.146. The van der Waals surface area contributed by atoms with Crippen LogP contribution in [0.3, 0.4) is 0 Å². The molecule has 0 spiro atoms. The molecule has 1 aromatic carbocycles. The van der Waals surface area contributed by atoms with Crippen LogP contribution in [-0.2, 0) is 9.53 Å². The van der Waals surface area contributed by atoms with E-state index in [1.165, 1.54) is 12.1 Å². The fourth-order valence-electron chi connectivity index (χ4n) is 1.25. The van der Waals surface area contributed by atoms with E-state index in [-0.39, 0.29) is 28.9 Å². The van der Waals surface area contributed by atoms with Crippen molar-refractivity contribution in [2.45, 2.75) is 26.4 Å². The Hall–Kier alpha value is -1.06. The number of carbonyl (C=O) groups excluding carboxylic acids is 2. The van der Waals surface area contributed by atoms with Gasteiger partial charge in [-0.05, 0) is 32.0 Å². The lowest BCUT2D eigenvalue weighted by atomic mass is 10.1. The van der Waals surface area contributed by atoms with Gasteiger partial charge in [0.1, 0.15) is 6.42 Å². The minimum Gasteiger partial charge on any atom is -0.463 e. The third-order valence-electron chi connectivity index (χ3n) is 1.90. The molecule has 0 saturated carbocycles. The first-order valence-electron chi connectivity index (χ1n) is 5.08. The van der Waals surface area contributed by atoms with E-state index >= 15 is 0 Å². The zero-order chi connectivity index (χ0) is 13.0. The van der Waals surface area contributed by atoms with Gasteiger partial charge in [0, 0.05) is 10.6 Å². The fourth-order valence-corrected chi connectivity index (χ4v) is 1.76. The second-order valence-electron chi connectivity index (χ2n) is 3.76. The highest BCUT2D eigenvalue weighted by molar-refractivity contribution is 6.37. The number of Topliss-reactive ketones (excluding diaryl/α,β-unsaturated/α-hetero) is 1. The topological polar surface area (TPSA) is 43.4 Å². The molecular formula is C12H12Cl2O3. The third-order valence-corrected chi connectivity index (χ3v) is 2.45. The Labute approximate surface area is 110 Å². The van der Waals surface area contributed by atoms with Gasteiger partial charge in [-0.25, -0.2) is 0 Å². The number of hydrogen-bond donors (Lipinski definition) is 0. The number of halogens is 2. The average Bonchev–Trinajstić information content (AvgIpc) is 2.15. The van der Waals surface area contributed by atoms with Crippen molar-refractivity contribution < 1.29 is 14.3 Å². The molecule has 0 N–H and O–H groups in total. The summed E-state index contributed by atoms with van der Waals surface area (Å²) in [6.07, 6.45) is -0.560. The van der Waals surface area contributed by atoms with E-state index in [0.717, 1.165) is 0 Å². The molecule has 5 heteroatoms. The highest BCUT2D eigenvalue weighted by Gasteiger charge is 2.16. The van der Waals surface area contributed by atoms with Crippen LogP contribution in [0.1, 0.15) is 30.6 Å². The van der Waals surface area contributed by atoms with Crippen LogP contribution in [-0.4, -0.2) is 17.9 Å². The van der Waals surface area contributed by atoms with E-state index in [0.29, 0.717) is 5.02 Å². The lowest BCUT2D eigenvalue weighted by Crippen LogP contribution is -2.15. The first-order chi connectivity index (χ1) is 7.90. The van der Waals surface area contributed by atoms with Crippen molar-refractivity contribution in [1.82, 2.24) is 0 Å². The van der Waals surface area contributed by atoms with Crippen molar-refractivity contribution in [3.63, 3.8) is 0 Å². The number of benzene rings is 1. The van der Waals surface area contributed by atoms with Crippen molar-refractivity contribution >= 4 is 35.0 Å². The van der Waals surface area contributed by atoms with Crippen molar-refractivity contribution in [2.24, 2.45) is 0 Å². The first-order valence-corrected chi connectivity index (χ1v) is 5.83. The molecule has 0 radical (unpaired) electrons. The Morgan fingerprint density at radius 3 is 2.47 bits per heavy atom. The number of ketones is 1. The lowest BCUT2D eigenvalue weighted by Gasteiger charge is -2.07. The Balaban J connectivity index is 2.73. The van der Waals surface area contributed by atoms with Crippen LogP contribution in [0.5, 0.6) is 0 Å². The molecule has 17 heavy (non-hydrogen) atoms. The summed E-state index contributed by atoms with van der Waals surface area (Å²) in [6.45, 7) is 3.44. The number of rotatable bonds is 4. The minimum absolute atomic E-state index is 0.236. The Kier molecular flexibility index (Phi) is 4.97. The van der Waals surface area contributed by atoms with Crippen molar-refractivity contribution in [2.75, 3.05) is 0 Å². The summed E-state index contributed by atoms with van der Waals surface area (Å²) in [7, 11) is 0. The molecule has 0 bridgehead atoms. The molecule has 0 saturated heterocycles. The van der Waals surface area contributed by atoms with E-state index in [4.69, 9.17) is 27.9 Å². The smallest absolute Gasteiger partial charge is 0.313 e. The Morgan fingerprint density at radius 2 is 1.94 bits per heavy atom. The molecule has 0 atom stereocenters. The van der Waals surface area contributed by atoms with Crippen LogP contribution in [0.25, 0.3) is 0 Å². The largest absolute Gasteiger partial charge is 0.463 e. The van der Waals surface area contributed by atoms with Crippen molar-refractivity contribution in [3.8, 4) is 0 Å². The number of esters is 1. The van der Waals surface area contributed by atoms with E-state index in [1.54, 1.807) is 19.9 Å². The van der Waals surface area contributed by atoms with Gasteiger partial charge < -0.3 is 4.74 Å². The molecular weight excluding hydrogens is 263 g/mol. The first kappa shape index (κ1) is 14.0. The van der Waals surface area contributed by atoms with Crippen LogP contribution in [0, 0.1) is 0 Å². The third kappa shape index (κ3) is 4.36. The molecule has 0 amide bonds. The maximum Gasteiger partial charge on any atom is 0.313 e. The Morgan fingerprint density at radius 1 is 1.29 bits per heavy atom. The van der Waals surface area contributed by atoms with Gasteiger partial charge in [0.25, 0.3) is 0 Å². The van der Waals surface area contributed by atoms with Gasteiger partial charge in [-0.15, -0.1) is 0 Å². The van der Waals surface area contributed by atoms with Crippen LogP contribution in [0.4, 0.5) is 0 Å². The second-order valence-corrected chi connectivity index (χ2v) is 4.61. The predicted molar refractivity (Wildman–Crippen MR) is 66.6 cm³/mol. The molecule has 0 unspecified atom stereocenters. The van der Waals surface area contributed by atoms with E-state index in [9.17, 15) is 9.59 Å². The zero-order valence-electron chi connectivity index (χ0n) is 9.50. The number of ether oxygens (including phenoxy) is 1. The summed E-state index contributed by atoms with van der Waals surface area (Å²) >= 11 is 11.6. The van der Waals surface area contributed by atoms with Gasteiger partial charge in [-0.2, -0.15) is 0 Å². The number of carbonyl (C=O) groups is 2. The normalized spacial score (nSPS) is 10.4. The van der Waals surface area contributed by atoms with Crippen LogP contribution in [0.2, 0.25) is 10.0 Å². The molecule has 1 rings (SSSR count). The molecule has 1 aromatic rings. The maximum absolute atomic E-state index is 11.7. The summed E-state index contributed by atoms with van der Waals surface area (Å²) in [4.78, 5) is 23.0. The Bertz CT molecular complexity index is 441. The molecule has 0 aromatic heterocycles. The van der Waals surface area contributed by atoms with E-state index < -0.39 is 5.97 Å². The van der Waals surface area contributed by atoms with Crippen LogP contribution >= 0.6 is 23.2 Å². The molecule has 0 fully saturated rings. The van der Waals surface area contributed by atoms with E-state index in [2.05, 4.69) is 0 Å². The van der Waals surface area contributed by atoms with E-state index in [1.807, 2.05) is 0 Å². The fraction of sp³-hybridized carbons (Fsp3) is 0.333. The molecule has 0 aliphatic rings. The summed E-state index contributed by atoms with van der Waals surface area (Å²) in [5.41, 5.74) is 0.275. The molecule has 3 nitrogen and oxygen atoms in total. The van der Waals surface area contributed by atoms with Crippen molar-refractivity contribution in [3.05, 3.63) is 33.8 Å². The van der Waals surface area contributed by atoms with Crippen LogP contribution < -0.4 is 0 Å². The summed E-state index contributed by atoms with van der Waals surface area (Å²) in [6, 6.07) is 4.51. The average molecular weight is 275 g/mol. The van der Waals surface area contributed by atoms with Gasteiger partial charge in [0.2, 0.25) is 0 Å². The van der Waals surface area contributed by atoms with Gasteiger partial charge in [0.15, 0.2) is 5.78 Å². The van der Waals surface area contributed by atoms with Gasteiger partial charge in [-0.3, -0.25) is 9.59 Å². The summed E-state index contributed by atoms with van der Waals surface area (Å²) < 4.78 is 4.88. The summed E-state index contributed by atoms with van der Waals surface area (Å²) in [5.74, 6) is -0.937. The van der Waals surface area contributed by atoms with Crippen LogP contribution in [0.15, 0.2) is 18.2 Å². The SMILES string of the molecule is CC(C)OC(=O)CC(=O)c1ccc(Cl)cc1Cl. The van der Waals surface area contributed by atoms with Gasteiger partial charge in [-0.1, -0.05) is 23.2 Å². The molecule has 92 valence electrons. The monoisotopic (exact) mass is 274 g/mol. The highest BCUT2D eigenvalue weighted by atomic mass is 35.5. The second kappa shape index (κ2) is 6.03. The number of hydrogen-bond acceptors (Lipinski definition) is 3. The predicted octanol–water partition coefficient (Wildman–Crippen LogP) is 3.52. The maximum atomic E-state index is 11.7. The quantitative estimate of drug-likeness (QED) is 0.479. The zero-order valence-corrected chi connectivity index (χ0v) is 11.0.